The highest BCUT2D eigenvalue weighted by Gasteiger charge is 2.19. The van der Waals surface area contributed by atoms with E-state index >= 15 is 0 Å². The van der Waals surface area contributed by atoms with E-state index in [1.165, 1.54) is 135 Å². The third-order valence-electron chi connectivity index (χ3n) is 12.2. The van der Waals surface area contributed by atoms with Crippen molar-refractivity contribution < 1.29 is 28.6 Å². The Balaban J connectivity index is 4.45. The highest BCUT2D eigenvalue weighted by atomic mass is 16.6. The Hall–Kier alpha value is -3.15. The van der Waals surface area contributed by atoms with Crippen LogP contribution >= 0.6 is 0 Å². The second-order valence-electron chi connectivity index (χ2n) is 18.9. The zero-order chi connectivity index (χ0) is 48.6. The fourth-order valence-corrected chi connectivity index (χ4v) is 7.95. The molecule has 0 N–H and O–H groups in total. The third kappa shape index (κ3) is 53.7. The Labute approximate surface area is 414 Å². The minimum Gasteiger partial charge on any atom is -0.462 e. The average molecular weight is 936 g/mol. The lowest BCUT2D eigenvalue weighted by molar-refractivity contribution is -0.167. The molecule has 0 aliphatic carbocycles. The molecule has 0 bridgehead atoms. The number of hydrogen-bond acceptors (Lipinski definition) is 6. The van der Waals surface area contributed by atoms with Crippen LogP contribution in [0.5, 0.6) is 0 Å². The zero-order valence-electron chi connectivity index (χ0n) is 44.2. The van der Waals surface area contributed by atoms with Crippen LogP contribution in [-0.2, 0) is 28.6 Å². The number of carbonyl (C=O) groups excluding carboxylic acids is 3. The molecule has 1 unspecified atom stereocenters. The van der Waals surface area contributed by atoms with E-state index in [4.69, 9.17) is 14.2 Å². The van der Waals surface area contributed by atoms with Crippen LogP contribution in [0.25, 0.3) is 0 Å². The van der Waals surface area contributed by atoms with E-state index in [0.29, 0.717) is 12.8 Å². The zero-order valence-corrected chi connectivity index (χ0v) is 44.2. The van der Waals surface area contributed by atoms with Crippen LogP contribution in [0.1, 0.15) is 278 Å². The summed E-state index contributed by atoms with van der Waals surface area (Å²) in [5.74, 6) is -0.945. The summed E-state index contributed by atoms with van der Waals surface area (Å²) in [5, 5.41) is 0. The lowest BCUT2D eigenvalue weighted by Gasteiger charge is -2.18. The van der Waals surface area contributed by atoms with E-state index in [1.807, 2.05) is 0 Å². The number of ether oxygens (including phenoxy) is 3. The number of unbranched alkanes of at least 4 members (excludes halogenated alkanes) is 29. The van der Waals surface area contributed by atoms with Gasteiger partial charge in [0.1, 0.15) is 13.2 Å². The molecule has 0 saturated heterocycles. The molecule has 386 valence electrons. The van der Waals surface area contributed by atoms with Crippen molar-refractivity contribution >= 4 is 17.9 Å². The second kappa shape index (κ2) is 55.4. The van der Waals surface area contributed by atoms with Crippen LogP contribution in [0.3, 0.4) is 0 Å². The number of esters is 3. The molecule has 0 saturated carbocycles. The fraction of sp³-hybridized carbons (Fsp3) is 0.754. The van der Waals surface area contributed by atoms with E-state index in [2.05, 4.69) is 93.7 Å². The van der Waals surface area contributed by atoms with E-state index in [9.17, 15) is 14.4 Å². The standard InChI is InChI=1S/C61H106O6/c1-4-7-10-13-16-19-22-25-28-31-34-36-39-42-45-48-51-54-60(63)66-57-58(67-61(64)55-52-49-46-43-40-37-33-30-27-24-21-18-15-12-9-6-3)56-65-59(62)53-50-47-44-41-38-35-32-29-26-23-20-17-14-11-8-5-2/h9,12,18,21,27,29-30,32,35,37-38,40,58H,4-8,10-11,13-17,19-20,22-26,28,31,33-34,36,39,41-57H2,1-3H3/b12-9-,21-18-,30-27-,32-29-,38-35-,40-37-. The third-order valence-corrected chi connectivity index (χ3v) is 12.2. The molecule has 0 amide bonds. The normalized spacial score (nSPS) is 12.6. The SMILES string of the molecule is CC/C=C\C/C=C\C/C=C\C/C=C\CCCCCC(=O)OC(COC(=O)CCCCC/C=C\C=C/CCCCCCCCC)COC(=O)CCCCCCCCCCCCCCCCCCC. The predicted octanol–water partition coefficient (Wildman–Crippen LogP) is 19.0. The van der Waals surface area contributed by atoms with E-state index < -0.39 is 6.10 Å². The molecular formula is C61H106O6. The Morgan fingerprint density at radius 3 is 1.01 bits per heavy atom. The van der Waals surface area contributed by atoms with Gasteiger partial charge in [-0.25, -0.2) is 0 Å². The van der Waals surface area contributed by atoms with Gasteiger partial charge < -0.3 is 14.2 Å². The molecule has 0 aromatic carbocycles. The predicted molar refractivity (Wildman–Crippen MR) is 288 cm³/mol. The summed E-state index contributed by atoms with van der Waals surface area (Å²) < 4.78 is 16.8. The van der Waals surface area contributed by atoms with Crippen LogP contribution in [0.4, 0.5) is 0 Å². The van der Waals surface area contributed by atoms with Crippen molar-refractivity contribution in [2.24, 2.45) is 0 Å². The summed E-state index contributed by atoms with van der Waals surface area (Å²) in [7, 11) is 0. The molecule has 6 nitrogen and oxygen atoms in total. The maximum Gasteiger partial charge on any atom is 0.306 e. The maximum absolute atomic E-state index is 12.8. The summed E-state index contributed by atoms with van der Waals surface area (Å²) in [6, 6.07) is 0. The topological polar surface area (TPSA) is 78.9 Å². The first-order valence-electron chi connectivity index (χ1n) is 28.5. The van der Waals surface area contributed by atoms with Crippen LogP contribution < -0.4 is 0 Å². The van der Waals surface area contributed by atoms with Crippen molar-refractivity contribution in [3.8, 4) is 0 Å². The minimum absolute atomic E-state index is 0.0948. The van der Waals surface area contributed by atoms with E-state index in [1.54, 1.807) is 0 Å². The van der Waals surface area contributed by atoms with E-state index in [-0.39, 0.29) is 37.5 Å². The quantitative estimate of drug-likeness (QED) is 0.0199. The second-order valence-corrected chi connectivity index (χ2v) is 18.9. The molecule has 0 aromatic heterocycles. The van der Waals surface area contributed by atoms with Gasteiger partial charge in [0.05, 0.1) is 0 Å². The number of rotatable bonds is 51. The monoisotopic (exact) mass is 935 g/mol. The molecule has 0 fully saturated rings. The van der Waals surface area contributed by atoms with E-state index in [0.717, 1.165) is 103 Å². The van der Waals surface area contributed by atoms with Crippen LogP contribution in [0.15, 0.2) is 72.9 Å². The summed E-state index contributed by atoms with van der Waals surface area (Å²) in [6.45, 7) is 6.49. The first-order chi connectivity index (χ1) is 33.0. The Bertz CT molecular complexity index is 1260. The first-order valence-corrected chi connectivity index (χ1v) is 28.5. The van der Waals surface area contributed by atoms with Crippen molar-refractivity contribution in [1.29, 1.82) is 0 Å². The summed E-state index contributed by atoms with van der Waals surface area (Å²) in [5.41, 5.74) is 0. The summed E-state index contributed by atoms with van der Waals surface area (Å²) >= 11 is 0. The van der Waals surface area contributed by atoms with Crippen LogP contribution in [-0.4, -0.2) is 37.2 Å². The van der Waals surface area contributed by atoms with Crippen molar-refractivity contribution in [3.05, 3.63) is 72.9 Å². The Kier molecular flexibility index (Phi) is 52.8. The highest BCUT2D eigenvalue weighted by Crippen LogP contribution is 2.16. The van der Waals surface area contributed by atoms with Crippen molar-refractivity contribution in [1.82, 2.24) is 0 Å². The van der Waals surface area contributed by atoms with Gasteiger partial charge in [0, 0.05) is 19.3 Å². The van der Waals surface area contributed by atoms with Gasteiger partial charge in [-0.2, -0.15) is 0 Å². The van der Waals surface area contributed by atoms with Gasteiger partial charge in [-0.1, -0.05) is 248 Å². The molecule has 0 aliphatic rings. The Morgan fingerprint density at radius 1 is 0.328 bits per heavy atom. The van der Waals surface area contributed by atoms with Gasteiger partial charge in [-0.3, -0.25) is 14.4 Å². The van der Waals surface area contributed by atoms with Crippen molar-refractivity contribution in [3.63, 3.8) is 0 Å². The Morgan fingerprint density at radius 2 is 0.627 bits per heavy atom. The number of carbonyl (C=O) groups is 3. The molecule has 1 atom stereocenters. The minimum atomic E-state index is -0.802. The van der Waals surface area contributed by atoms with Gasteiger partial charge in [-0.15, -0.1) is 0 Å². The maximum atomic E-state index is 12.8. The molecule has 67 heavy (non-hydrogen) atoms. The molecular weight excluding hydrogens is 829 g/mol. The van der Waals surface area contributed by atoms with Gasteiger partial charge >= 0.3 is 17.9 Å². The highest BCUT2D eigenvalue weighted by molar-refractivity contribution is 5.71. The number of hydrogen-bond donors (Lipinski definition) is 0. The summed E-state index contributed by atoms with van der Waals surface area (Å²) in [4.78, 5) is 38.1. The van der Waals surface area contributed by atoms with Gasteiger partial charge in [-0.05, 0) is 83.5 Å². The lowest BCUT2D eigenvalue weighted by atomic mass is 10.0. The van der Waals surface area contributed by atoms with Crippen molar-refractivity contribution in [2.75, 3.05) is 13.2 Å². The van der Waals surface area contributed by atoms with Gasteiger partial charge in [0.25, 0.3) is 0 Å². The molecule has 0 radical (unpaired) electrons. The fourth-order valence-electron chi connectivity index (χ4n) is 7.95. The van der Waals surface area contributed by atoms with Crippen LogP contribution in [0.2, 0.25) is 0 Å². The largest absolute Gasteiger partial charge is 0.462 e. The molecule has 0 heterocycles. The molecule has 0 aliphatic heterocycles. The van der Waals surface area contributed by atoms with Crippen molar-refractivity contribution in [2.45, 2.75) is 284 Å². The molecule has 0 spiro atoms. The van der Waals surface area contributed by atoms with Crippen LogP contribution in [0, 0.1) is 0 Å². The number of allylic oxidation sites excluding steroid dienone is 12. The lowest BCUT2D eigenvalue weighted by Crippen LogP contribution is -2.30. The molecule has 6 heteroatoms. The smallest absolute Gasteiger partial charge is 0.306 e. The average Bonchev–Trinajstić information content (AvgIpc) is 3.33. The summed E-state index contributed by atoms with van der Waals surface area (Å²) in [6.07, 6.45) is 70.3. The van der Waals surface area contributed by atoms with Gasteiger partial charge in [0.2, 0.25) is 0 Å². The molecule has 0 aromatic rings. The first kappa shape index (κ1) is 63.8. The van der Waals surface area contributed by atoms with Gasteiger partial charge in [0.15, 0.2) is 6.10 Å². The molecule has 0 rings (SSSR count).